The van der Waals surface area contributed by atoms with Gasteiger partial charge in [-0.25, -0.2) is 0 Å². The molecule has 1 N–H and O–H groups in total. The average molecular weight is 409 g/mol. The van der Waals surface area contributed by atoms with Gasteiger partial charge < -0.3 is 19.1 Å². The molecule has 0 aliphatic carbocycles. The number of amides is 1. The highest BCUT2D eigenvalue weighted by molar-refractivity contribution is 5.98. The maximum absolute atomic E-state index is 12.6. The van der Waals surface area contributed by atoms with Gasteiger partial charge in [-0.1, -0.05) is 31.4 Å². The van der Waals surface area contributed by atoms with Crippen LogP contribution in [-0.2, 0) is 6.54 Å². The van der Waals surface area contributed by atoms with Crippen LogP contribution in [0.4, 0.5) is 5.69 Å². The molecule has 0 saturated heterocycles. The summed E-state index contributed by atoms with van der Waals surface area (Å²) in [5.74, 6) is 0.448. The first-order valence-electron chi connectivity index (χ1n) is 10.00. The van der Waals surface area contributed by atoms with Crippen LogP contribution in [0.2, 0.25) is 0 Å². The van der Waals surface area contributed by atoms with Crippen molar-refractivity contribution in [1.82, 2.24) is 4.57 Å². The standard InChI is InChI=1S/C23H27N3O4/c1-5-6-7-12-26-18-10-8-15(2)13-17(18)21(23(26)28)24-25-22(27)16-9-11-19(29-3)20(14-16)30-4/h8-11,13-14,28H,5-7,12H2,1-4H3. The van der Waals surface area contributed by atoms with E-state index >= 15 is 0 Å². The Morgan fingerprint density at radius 2 is 1.83 bits per heavy atom. The van der Waals surface area contributed by atoms with Crippen molar-refractivity contribution in [3.05, 3.63) is 47.5 Å². The Morgan fingerprint density at radius 3 is 2.53 bits per heavy atom. The van der Waals surface area contributed by atoms with Crippen molar-refractivity contribution in [2.45, 2.75) is 39.7 Å². The number of methoxy groups -OCH3 is 2. The van der Waals surface area contributed by atoms with E-state index in [0.29, 0.717) is 29.3 Å². The molecule has 30 heavy (non-hydrogen) atoms. The summed E-state index contributed by atoms with van der Waals surface area (Å²) in [5.41, 5.74) is 2.54. The number of hydrogen-bond donors (Lipinski definition) is 1. The van der Waals surface area contributed by atoms with Crippen LogP contribution in [0, 0.1) is 6.92 Å². The van der Waals surface area contributed by atoms with Crippen LogP contribution in [0.3, 0.4) is 0 Å². The number of carbonyl (C=O) groups is 1. The lowest BCUT2D eigenvalue weighted by Gasteiger charge is -2.07. The van der Waals surface area contributed by atoms with Crippen LogP contribution in [0.1, 0.15) is 42.1 Å². The van der Waals surface area contributed by atoms with Gasteiger partial charge in [-0.05, 0) is 43.7 Å². The van der Waals surface area contributed by atoms with E-state index in [9.17, 15) is 9.90 Å². The van der Waals surface area contributed by atoms with Crippen LogP contribution in [0.25, 0.3) is 10.9 Å². The number of benzene rings is 2. The third kappa shape index (κ3) is 4.30. The lowest BCUT2D eigenvalue weighted by atomic mass is 10.1. The second-order valence-electron chi connectivity index (χ2n) is 7.13. The summed E-state index contributed by atoms with van der Waals surface area (Å²) in [6.45, 7) is 4.79. The maximum Gasteiger partial charge on any atom is 0.295 e. The van der Waals surface area contributed by atoms with Crippen molar-refractivity contribution < 1.29 is 19.4 Å². The molecular formula is C23H27N3O4. The Bertz CT molecular complexity index is 1090. The van der Waals surface area contributed by atoms with Crippen LogP contribution >= 0.6 is 0 Å². The zero-order valence-electron chi connectivity index (χ0n) is 17.8. The number of fused-ring (bicyclic) bond motifs is 1. The highest BCUT2D eigenvalue weighted by Gasteiger charge is 2.17. The predicted octanol–water partition coefficient (Wildman–Crippen LogP) is 5.79. The number of azo groups is 1. The number of nitrogens with zero attached hydrogens (tertiary/aromatic N) is 3. The average Bonchev–Trinajstić information content (AvgIpc) is 3.01. The van der Waals surface area contributed by atoms with E-state index in [1.165, 1.54) is 14.2 Å². The Morgan fingerprint density at radius 1 is 1.07 bits per heavy atom. The molecular weight excluding hydrogens is 382 g/mol. The normalized spacial score (nSPS) is 11.3. The molecule has 0 unspecified atom stereocenters. The molecule has 3 aromatic rings. The number of ether oxygens (including phenoxy) is 2. The number of carbonyl (C=O) groups excluding carboxylic acids is 1. The van der Waals surface area contributed by atoms with Gasteiger partial charge in [-0.3, -0.25) is 4.79 Å². The maximum atomic E-state index is 12.6. The number of aryl methyl sites for hydroxylation is 2. The van der Waals surface area contributed by atoms with E-state index in [4.69, 9.17) is 9.47 Å². The van der Waals surface area contributed by atoms with Crippen molar-refractivity contribution in [2.75, 3.05) is 14.2 Å². The molecule has 0 spiro atoms. The second kappa shape index (κ2) is 9.43. The van der Waals surface area contributed by atoms with Crippen LogP contribution in [0.15, 0.2) is 46.6 Å². The fourth-order valence-corrected chi connectivity index (χ4v) is 3.40. The monoisotopic (exact) mass is 409 g/mol. The van der Waals surface area contributed by atoms with Gasteiger partial charge in [0.1, 0.15) is 0 Å². The first-order valence-corrected chi connectivity index (χ1v) is 10.00. The largest absolute Gasteiger partial charge is 0.493 e. The number of aromatic nitrogens is 1. The van der Waals surface area contributed by atoms with Crippen LogP contribution in [0.5, 0.6) is 17.4 Å². The van der Waals surface area contributed by atoms with E-state index in [1.807, 2.05) is 29.7 Å². The van der Waals surface area contributed by atoms with Gasteiger partial charge in [0.25, 0.3) is 5.91 Å². The van der Waals surface area contributed by atoms with Crippen LogP contribution < -0.4 is 9.47 Å². The fourth-order valence-electron chi connectivity index (χ4n) is 3.40. The molecule has 7 heteroatoms. The molecule has 158 valence electrons. The molecule has 0 saturated carbocycles. The third-order valence-electron chi connectivity index (χ3n) is 5.02. The number of unbranched alkanes of at least 4 members (excludes halogenated alkanes) is 2. The molecule has 7 nitrogen and oxygen atoms in total. The molecule has 2 aromatic carbocycles. The molecule has 1 heterocycles. The van der Waals surface area contributed by atoms with Crippen molar-refractivity contribution >= 4 is 22.5 Å². The second-order valence-corrected chi connectivity index (χ2v) is 7.13. The molecule has 0 radical (unpaired) electrons. The summed E-state index contributed by atoms with van der Waals surface area (Å²) in [6, 6.07) is 10.7. The molecule has 0 bridgehead atoms. The Kier molecular flexibility index (Phi) is 6.72. The molecule has 1 amide bonds. The lowest BCUT2D eigenvalue weighted by Crippen LogP contribution is -1.97. The smallest absolute Gasteiger partial charge is 0.295 e. The summed E-state index contributed by atoms with van der Waals surface area (Å²) >= 11 is 0. The van der Waals surface area contributed by atoms with E-state index < -0.39 is 5.91 Å². The molecule has 0 aliphatic heterocycles. The fraction of sp³-hybridized carbons (Fsp3) is 0.348. The van der Waals surface area contributed by atoms with E-state index in [-0.39, 0.29) is 5.88 Å². The molecule has 0 fully saturated rings. The van der Waals surface area contributed by atoms with Gasteiger partial charge >= 0.3 is 0 Å². The van der Waals surface area contributed by atoms with Crippen molar-refractivity contribution in [2.24, 2.45) is 10.2 Å². The number of rotatable bonds is 8. The number of hydrogen-bond acceptors (Lipinski definition) is 5. The Labute approximate surface area is 176 Å². The van der Waals surface area contributed by atoms with Gasteiger partial charge in [0, 0.05) is 17.5 Å². The highest BCUT2D eigenvalue weighted by atomic mass is 16.5. The predicted molar refractivity (Wildman–Crippen MR) is 116 cm³/mol. The van der Waals surface area contributed by atoms with Crippen molar-refractivity contribution in [1.29, 1.82) is 0 Å². The zero-order chi connectivity index (χ0) is 21.7. The molecule has 1 aromatic heterocycles. The van der Waals surface area contributed by atoms with E-state index in [1.54, 1.807) is 18.2 Å². The minimum absolute atomic E-state index is 0.0237. The van der Waals surface area contributed by atoms with Gasteiger partial charge in [-0.15, -0.1) is 10.2 Å². The van der Waals surface area contributed by atoms with Crippen molar-refractivity contribution in [3.8, 4) is 17.4 Å². The summed E-state index contributed by atoms with van der Waals surface area (Å²) < 4.78 is 12.3. The van der Waals surface area contributed by atoms with Crippen LogP contribution in [-0.4, -0.2) is 29.8 Å². The molecule has 0 aliphatic rings. The summed E-state index contributed by atoms with van der Waals surface area (Å²) in [6.07, 6.45) is 3.11. The Balaban J connectivity index is 1.96. The summed E-state index contributed by atoms with van der Waals surface area (Å²) in [4.78, 5) is 12.6. The van der Waals surface area contributed by atoms with Crippen molar-refractivity contribution in [3.63, 3.8) is 0 Å². The first-order chi connectivity index (χ1) is 14.5. The van der Waals surface area contributed by atoms with Gasteiger partial charge in [0.05, 0.1) is 19.7 Å². The van der Waals surface area contributed by atoms with Gasteiger partial charge in [0.2, 0.25) is 5.88 Å². The van der Waals surface area contributed by atoms with E-state index in [2.05, 4.69) is 17.2 Å². The highest BCUT2D eigenvalue weighted by Crippen LogP contribution is 2.39. The third-order valence-corrected chi connectivity index (χ3v) is 5.02. The lowest BCUT2D eigenvalue weighted by molar-refractivity contribution is 0.0994. The topological polar surface area (TPSA) is 85.4 Å². The van der Waals surface area contributed by atoms with E-state index in [0.717, 1.165) is 35.7 Å². The molecule has 0 atom stereocenters. The minimum Gasteiger partial charge on any atom is -0.493 e. The summed E-state index contributed by atoms with van der Waals surface area (Å²) in [5, 5.41) is 19.6. The number of aromatic hydroxyl groups is 1. The summed E-state index contributed by atoms with van der Waals surface area (Å²) in [7, 11) is 3.03. The zero-order valence-corrected chi connectivity index (χ0v) is 17.8. The first kappa shape index (κ1) is 21.4. The quantitative estimate of drug-likeness (QED) is 0.377. The SMILES string of the molecule is CCCCCn1c(O)c(N=NC(=O)c2ccc(OC)c(OC)c2)c2cc(C)ccc21. The molecule has 3 rings (SSSR count). The minimum atomic E-state index is -0.533. The van der Waals surface area contributed by atoms with Gasteiger partial charge in [0.15, 0.2) is 17.2 Å². The van der Waals surface area contributed by atoms with Gasteiger partial charge in [-0.2, -0.15) is 0 Å². The Hall–Kier alpha value is -3.35.